The first kappa shape index (κ1) is 57.3. The quantitative estimate of drug-likeness (QED) is 0.167. The van der Waals surface area contributed by atoms with Gasteiger partial charge in [-0.05, 0) is 128 Å². The van der Waals surface area contributed by atoms with Crippen LogP contribution in [-0.4, -0.2) is 9.97 Å². The Morgan fingerprint density at radius 2 is 0.864 bits per heavy atom. The van der Waals surface area contributed by atoms with Crippen LogP contribution in [0.2, 0.25) is 10.0 Å². The van der Waals surface area contributed by atoms with Gasteiger partial charge in [0.25, 0.3) is 0 Å². The van der Waals surface area contributed by atoms with Gasteiger partial charge in [-0.25, -0.2) is 4.39 Å². The van der Waals surface area contributed by atoms with Gasteiger partial charge in [0.15, 0.2) is 0 Å². The van der Waals surface area contributed by atoms with Crippen molar-refractivity contribution in [3.63, 3.8) is 0 Å². The molecule has 3 heterocycles. The molecule has 59 heavy (non-hydrogen) atoms. The van der Waals surface area contributed by atoms with Crippen molar-refractivity contribution >= 4 is 39.1 Å². The molecule has 0 N–H and O–H groups in total. The van der Waals surface area contributed by atoms with Crippen LogP contribution < -0.4 is 0 Å². The Morgan fingerprint density at radius 3 is 1.19 bits per heavy atom. The molecule has 0 atom stereocenters. The Bertz CT molecular complexity index is 1640. The van der Waals surface area contributed by atoms with Crippen LogP contribution in [0.25, 0.3) is 0 Å². The third-order valence-corrected chi connectivity index (χ3v) is 9.38. The van der Waals surface area contributed by atoms with Crippen LogP contribution in [0.4, 0.5) is 4.39 Å². The number of nitrogens with zero attached hydrogens (tertiary/aromatic N) is 2. The highest BCUT2D eigenvalue weighted by atomic mass is 79.9. The Morgan fingerprint density at radius 1 is 0.458 bits per heavy atom. The van der Waals surface area contributed by atoms with E-state index in [4.69, 9.17) is 27.6 Å². The summed E-state index contributed by atoms with van der Waals surface area (Å²) in [5.41, 5.74) is 7.43. The number of pyridine rings is 2. The lowest BCUT2D eigenvalue weighted by Crippen LogP contribution is -1.89. The highest BCUT2D eigenvalue weighted by molar-refractivity contribution is 9.10. The molecular weight excluding hydrogens is 838 g/mol. The molecule has 0 bridgehead atoms. The van der Waals surface area contributed by atoms with Gasteiger partial charge in [-0.15, -0.1) is 0 Å². The molecular formula is C52H72BrCl2FN2O. The second-order valence-electron chi connectivity index (χ2n) is 15.3. The molecule has 7 heteroatoms. The molecule has 0 aliphatic heterocycles. The van der Waals surface area contributed by atoms with Gasteiger partial charge in [0.2, 0.25) is 0 Å². The number of hydrogen-bond donors (Lipinski definition) is 0. The maximum atomic E-state index is 12.4. The molecule has 0 saturated heterocycles. The molecule has 0 saturated carbocycles. The van der Waals surface area contributed by atoms with E-state index in [2.05, 4.69) is 145 Å². The van der Waals surface area contributed by atoms with Crippen LogP contribution in [0.1, 0.15) is 167 Å². The summed E-state index contributed by atoms with van der Waals surface area (Å²) in [6, 6.07) is 35.0. The lowest BCUT2D eigenvalue weighted by atomic mass is 10.0. The number of hydrogen-bond acceptors (Lipinski definition) is 3. The van der Waals surface area contributed by atoms with Crippen LogP contribution in [0.5, 0.6) is 0 Å². The van der Waals surface area contributed by atoms with Crippen molar-refractivity contribution in [2.75, 3.05) is 0 Å². The third kappa shape index (κ3) is 26.1. The molecule has 0 aliphatic rings. The molecule has 6 aromatic rings. The first-order valence-corrected chi connectivity index (χ1v) is 21.3. The first-order valence-electron chi connectivity index (χ1n) is 19.7. The van der Waals surface area contributed by atoms with Crippen molar-refractivity contribution in [1.29, 1.82) is 0 Å². The summed E-state index contributed by atoms with van der Waals surface area (Å²) < 4.78 is 18.3. The zero-order valence-electron chi connectivity index (χ0n) is 36.0. The highest BCUT2D eigenvalue weighted by Crippen LogP contribution is 2.18. The van der Waals surface area contributed by atoms with Gasteiger partial charge in [0.05, 0.1) is 17.5 Å². The van der Waals surface area contributed by atoms with E-state index in [1.807, 2.05) is 66.9 Å². The maximum Gasteiger partial charge on any atom is 0.123 e. The Labute approximate surface area is 377 Å². The Balaban J connectivity index is 0. The van der Waals surface area contributed by atoms with Crippen molar-refractivity contribution in [3.05, 3.63) is 188 Å². The second kappa shape index (κ2) is 32.1. The fourth-order valence-electron chi connectivity index (χ4n) is 4.59. The average molecular weight is 911 g/mol. The SMILES string of the molecule is C.C.CC(C)c1ccc(Br)cn1.CC(C)c1ccc(Cl)cc1.CC(C)c1ccc(Cl)cn1.CC(C)c1ccc(F)cc1.CC(C)c1ccccc1.CC(C)c1ccoc1. The van der Waals surface area contributed by atoms with Crippen molar-refractivity contribution in [2.24, 2.45) is 0 Å². The molecule has 3 nitrogen and oxygen atoms in total. The third-order valence-electron chi connectivity index (χ3n) is 8.43. The van der Waals surface area contributed by atoms with Crippen LogP contribution in [0.15, 0.2) is 143 Å². The van der Waals surface area contributed by atoms with E-state index in [1.165, 1.54) is 34.4 Å². The Kier molecular flexibility index (Phi) is 31.1. The van der Waals surface area contributed by atoms with E-state index in [0.717, 1.165) is 20.9 Å². The van der Waals surface area contributed by atoms with Gasteiger partial charge in [0.1, 0.15) is 5.82 Å². The van der Waals surface area contributed by atoms with Crippen LogP contribution in [0.3, 0.4) is 0 Å². The topological polar surface area (TPSA) is 38.9 Å². The molecule has 0 amide bonds. The predicted octanol–water partition coefficient (Wildman–Crippen LogP) is 18.7. The fourth-order valence-corrected chi connectivity index (χ4v) is 5.07. The maximum absolute atomic E-state index is 12.4. The summed E-state index contributed by atoms with van der Waals surface area (Å²) in [4.78, 5) is 8.38. The van der Waals surface area contributed by atoms with Crippen molar-refractivity contribution in [3.8, 4) is 0 Å². The van der Waals surface area contributed by atoms with E-state index < -0.39 is 0 Å². The van der Waals surface area contributed by atoms with E-state index in [9.17, 15) is 4.39 Å². The zero-order valence-corrected chi connectivity index (χ0v) is 39.1. The van der Waals surface area contributed by atoms with E-state index in [1.54, 1.807) is 18.7 Å². The van der Waals surface area contributed by atoms with Gasteiger partial charge >= 0.3 is 0 Å². The van der Waals surface area contributed by atoms with E-state index in [0.29, 0.717) is 40.5 Å². The summed E-state index contributed by atoms with van der Waals surface area (Å²) in [6.07, 6.45) is 6.99. The molecule has 0 fully saturated rings. The minimum absolute atomic E-state index is 0. The van der Waals surface area contributed by atoms with Crippen molar-refractivity contribution in [2.45, 2.75) is 133 Å². The predicted molar refractivity (Wildman–Crippen MR) is 262 cm³/mol. The zero-order chi connectivity index (χ0) is 42.9. The molecule has 0 radical (unpaired) electrons. The fraction of sp³-hybridized carbons (Fsp3) is 0.385. The summed E-state index contributed by atoms with van der Waals surface area (Å²) in [6.45, 7) is 25.7. The number of aromatic nitrogens is 2. The lowest BCUT2D eigenvalue weighted by molar-refractivity contribution is 0.562. The molecule has 3 aromatic heterocycles. The van der Waals surface area contributed by atoms with Crippen LogP contribution in [0, 0.1) is 5.82 Å². The Hall–Kier alpha value is -3.77. The lowest BCUT2D eigenvalue weighted by Gasteiger charge is -2.03. The summed E-state index contributed by atoms with van der Waals surface area (Å²) in [5, 5.41) is 1.51. The van der Waals surface area contributed by atoms with Crippen LogP contribution in [-0.2, 0) is 0 Å². The monoisotopic (exact) mass is 908 g/mol. The smallest absolute Gasteiger partial charge is 0.123 e. The molecule has 0 spiro atoms. The van der Waals surface area contributed by atoms with Crippen molar-refractivity contribution in [1.82, 2.24) is 9.97 Å². The minimum Gasteiger partial charge on any atom is -0.472 e. The van der Waals surface area contributed by atoms with E-state index >= 15 is 0 Å². The molecule has 0 aliphatic carbocycles. The second-order valence-corrected chi connectivity index (χ2v) is 17.1. The van der Waals surface area contributed by atoms with Gasteiger partial charge < -0.3 is 4.42 Å². The summed E-state index contributed by atoms with van der Waals surface area (Å²) in [5.74, 6) is 3.17. The molecule has 0 unspecified atom stereocenters. The number of benzene rings is 3. The largest absolute Gasteiger partial charge is 0.472 e. The van der Waals surface area contributed by atoms with Gasteiger partial charge in [0, 0.05) is 33.3 Å². The normalized spacial score (nSPS) is 10.0. The van der Waals surface area contributed by atoms with Crippen molar-refractivity contribution < 1.29 is 8.81 Å². The number of rotatable bonds is 6. The van der Waals surface area contributed by atoms with E-state index in [-0.39, 0.29) is 20.7 Å². The minimum atomic E-state index is -0.163. The average Bonchev–Trinajstić information content (AvgIpc) is 3.74. The van der Waals surface area contributed by atoms with Gasteiger partial charge in [-0.2, -0.15) is 0 Å². The van der Waals surface area contributed by atoms with Crippen LogP contribution >= 0.6 is 39.1 Å². The number of halogens is 4. The highest BCUT2D eigenvalue weighted by Gasteiger charge is 2.00. The summed E-state index contributed by atoms with van der Waals surface area (Å²) in [7, 11) is 0. The summed E-state index contributed by atoms with van der Waals surface area (Å²) >= 11 is 14.7. The molecule has 324 valence electrons. The first-order chi connectivity index (χ1) is 26.9. The standard InChI is InChI=1S/C9H11Cl.C9H11F.C9H12.C8H10BrN.C8H10ClN.C7H10O.2CH4/c2*1-7(2)8-3-5-9(10)6-4-8;1-8(2)9-6-4-3-5-7-9;2*1-6(2)8-4-3-7(9)5-10-8;1-6(2)7-3-4-8-5-7;;/h2*3-7H,1-2H3;3-8H,1-2H3;2*3-6H,1-2H3;3-6H,1-2H3;2*1H4. The van der Waals surface area contributed by atoms with Gasteiger partial charge in [-0.1, -0.05) is 176 Å². The number of furan rings is 1. The van der Waals surface area contributed by atoms with Gasteiger partial charge in [-0.3, -0.25) is 9.97 Å². The molecule has 3 aromatic carbocycles. The molecule has 6 rings (SSSR count).